The molecule has 0 saturated heterocycles. The number of Topliss-reactive ketones (excluding diaryl/α,β-unsaturated/α-hetero) is 1. The number of nitro groups is 1. The van der Waals surface area contributed by atoms with E-state index in [0.717, 1.165) is 0 Å². The Morgan fingerprint density at radius 2 is 2.17 bits per heavy atom. The molecule has 1 aromatic rings. The van der Waals surface area contributed by atoms with E-state index in [9.17, 15) is 14.9 Å². The maximum absolute atomic E-state index is 12.1. The monoisotopic (exact) mass is 251 g/mol. The number of carbonyl (C=O) groups is 1. The van der Waals surface area contributed by atoms with Crippen molar-refractivity contribution in [2.75, 3.05) is 13.3 Å². The van der Waals surface area contributed by atoms with Crippen LogP contribution in [0.5, 0.6) is 11.5 Å². The minimum atomic E-state index is -0.597. The van der Waals surface area contributed by atoms with Gasteiger partial charge in [-0.25, -0.2) is 0 Å². The summed E-state index contributed by atoms with van der Waals surface area (Å²) in [6, 6.07) is 4.83. The van der Waals surface area contributed by atoms with Gasteiger partial charge in [0.1, 0.15) is 0 Å². The van der Waals surface area contributed by atoms with Crippen LogP contribution in [-0.4, -0.2) is 24.0 Å². The Hall–Kier alpha value is -2.11. The summed E-state index contributed by atoms with van der Waals surface area (Å²) in [7, 11) is 0. The van der Waals surface area contributed by atoms with E-state index in [2.05, 4.69) is 0 Å². The van der Waals surface area contributed by atoms with Crippen LogP contribution in [0.3, 0.4) is 0 Å². The Morgan fingerprint density at radius 3 is 2.83 bits per heavy atom. The summed E-state index contributed by atoms with van der Waals surface area (Å²) in [4.78, 5) is 22.2. The number of rotatable bonds is 5. The average molecular weight is 251 g/mol. The summed E-state index contributed by atoms with van der Waals surface area (Å²) >= 11 is 0. The normalized spacial score (nSPS) is 14.3. The molecule has 18 heavy (non-hydrogen) atoms. The van der Waals surface area contributed by atoms with Crippen molar-refractivity contribution in [3.05, 3.63) is 33.9 Å². The molecule has 0 aromatic heterocycles. The van der Waals surface area contributed by atoms with Gasteiger partial charge in [0.05, 0.1) is 5.92 Å². The fraction of sp³-hybridized carbons (Fsp3) is 0.417. The van der Waals surface area contributed by atoms with Gasteiger partial charge < -0.3 is 9.47 Å². The Bertz CT molecular complexity index is 485. The summed E-state index contributed by atoms with van der Waals surface area (Å²) in [5, 5.41) is 10.5. The maximum Gasteiger partial charge on any atom is 0.231 e. The van der Waals surface area contributed by atoms with Crippen molar-refractivity contribution in [3.63, 3.8) is 0 Å². The molecule has 1 heterocycles. The lowest BCUT2D eigenvalue weighted by molar-refractivity contribution is -0.485. The molecule has 1 atom stereocenters. The van der Waals surface area contributed by atoms with Crippen LogP contribution in [0, 0.1) is 16.0 Å². The molecule has 0 aliphatic carbocycles. The van der Waals surface area contributed by atoms with Crippen molar-refractivity contribution in [1.29, 1.82) is 0 Å². The smallest absolute Gasteiger partial charge is 0.231 e. The second-order valence-electron chi connectivity index (χ2n) is 4.05. The summed E-state index contributed by atoms with van der Waals surface area (Å²) < 4.78 is 10.3. The first-order valence-electron chi connectivity index (χ1n) is 5.67. The van der Waals surface area contributed by atoms with Crippen LogP contribution in [0.15, 0.2) is 18.2 Å². The lowest BCUT2D eigenvalue weighted by Crippen LogP contribution is -2.22. The molecule has 96 valence electrons. The molecule has 2 rings (SSSR count). The molecule has 0 fully saturated rings. The van der Waals surface area contributed by atoms with Crippen molar-refractivity contribution in [2.24, 2.45) is 5.92 Å². The molecule has 1 aliphatic rings. The largest absolute Gasteiger partial charge is 0.454 e. The third-order valence-corrected chi connectivity index (χ3v) is 2.89. The van der Waals surface area contributed by atoms with Crippen molar-refractivity contribution in [3.8, 4) is 11.5 Å². The van der Waals surface area contributed by atoms with Gasteiger partial charge in [0.15, 0.2) is 17.3 Å². The minimum absolute atomic E-state index is 0.138. The zero-order chi connectivity index (χ0) is 13.1. The van der Waals surface area contributed by atoms with Crippen LogP contribution in [0.1, 0.15) is 23.7 Å². The predicted molar refractivity (Wildman–Crippen MR) is 62.5 cm³/mol. The molecular weight excluding hydrogens is 238 g/mol. The highest BCUT2D eigenvalue weighted by molar-refractivity contribution is 5.98. The van der Waals surface area contributed by atoms with E-state index in [-0.39, 0.29) is 19.1 Å². The molecule has 1 unspecified atom stereocenters. The first-order valence-corrected chi connectivity index (χ1v) is 5.67. The van der Waals surface area contributed by atoms with Crippen molar-refractivity contribution in [2.45, 2.75) is 13.3 Å². The Labute approximate surface area is 104 Å². The highest BCUT2D eigenvalue weighted by atomic mass is 16.7. The van der Waals surface area contributed by atoms with Gasteiger partial charge in [0, 0.05) is 10.5 Å². The second-order valence-corrected chi connectivity index (χ2v) is 4.05. The molecule has 1 aromatic carbocycles. The van der Waals surface area contributed by atoms with E-state index in [1.807, 2.05) is 0 Å². The fourth-order valence-corrected chi connectivity index (χ4v) is 1.86. The van der Waals surface area contributed by atoms with Gasteiger partial charge in [-0.15, -0.1) is 0 Å². The standard InChI is InChI=1S/C12H13NO5/c1-2-8(6-13(15)16)12(14)9-3-4-10-11(5-9)18-7-17-10/h3-5,8H,2,6-7H2,1H3. The molecule has 0 bridgehead atoms. The molecular formula is C12H13NO5. The third-order valence-electron chi connectivity index (χ3n) is 2.89. The quantitative estimate of drug-likeness (QED) is 0.453. The summed E-state index contributed by atoms with van der Waals surface area (Å²) in [6.07, 6.45) is 0.439. The topological polar surface area (TPSA) is 78.7 Å². The molecule has 0 amide bonds. The van der Waals surface area contributed by atoms with Gasteiger partial charge in [-0.05, 0) is 24.6 Å². The number of carbonyl (C=O) groups excluding carboxylic acids is 1. The molecule has 0 radical (unpaired) electrons. The molecule has 0 N–H and O–H groups in total. The van der Waals surface area contributed by atoms with E-state index < -0.39 is 10.8 Å². The zero-order valence-electron chi connectivity index (χ0n) is 9.92. The van der Waals surface area contributed by atoms with E-state index >= 15 is 0 Å². The van der Waals surface area contributed by atoms with Gasteiger partial charge >= 0.3 is 0 Å². The minimum Gasteiger partial charge on any atom is -0.454 e. The lowest BCUT2D eigenvalue weighted by Gasteiger charge is -2.09. The average Bonchev–Trinajstić information content (AvgIpc) is 2.81. The number of hydrogen-bond acceptors (Lipinski definition) is 5. The van der Waals surface area contributed by atoms with Crippen molar-refractivity contribution in [1.82, 2.24) is 0 Å². The number of benzene rings is 1. The van der Waals surface area contributed by atoms with Gasteiger partial charge in [0.2, 0.25) is 13.3 Å². The molecule has 6 nitrogen and oxygen atoms in total. The second kappa shape index (κ2) is 5.03. The highest BCUT2D eigenvalue weighted by Crippen LogP contribution is 2.33. The van der Waals surface area contributed by atoms with E-state index in [0.29, 0.717) is 23.5 Å². The van der Waals surface area contributed by atoms with E-state index in [1.54, 1.807) is 25.1 Å². The molecule has 0 saturated carbocycles. The maximum atomic E-state index is 12.1. The Morgan fingerprint density at radius 1 is 1.44 bits per heavy atom. The summed E-state index contributed by atoms with van der Waals surface area (Å²) in [5.41, 5.74) is 0.424. The number of ether oxygens (including phenoxy) is 2. The van der Waals surface area contributed by atoms with Crippen molar-refractivity contribution < 1.29 is 19.2 Å². The predicted octanol–water partition coefficient (Wildman–Crippen LogP) is 1.90. The Balaban J connectivity index is 2.19. The molecule has 1 aliphatic heterocycles. The highest BCUT2D eigenvalue weighted by Gasteiger charge is 2.25. The molecule has 6 heteroatoms. The van der Waals surface area contributed by atoms with Crippen molar-refractivity contribution >= 4 is 5.78 Å². The SMILES string of the molecule is CCC(C[N+](=O)[O-])C(=O)c1ccc2c(c1)OCO2. The first-order chi connectivity index (χ1) is 8.61. The number of ketones is 1. The van der Waals surface area contributed by atoms with Gasteiger partial charge in [0.25, 0.3) is 0 Å². The van der Waals surface area contributed by atoms with Crippen LogP contribution in [0.4, 0.5) is 0 Å². The fourth-order valence-electron chi connectivity index (χ4n) is 1.86. The van der Waals surface area contributed by atoms with Gasteiger partial charge in [-0.1, -0.05) is 6.92 Å². The van der Waals surface area contributed by atoms with Crippen LogP contribution in [0.2, 0.25) is 0 Å². The number of nitrogens with zero attached hydrogens (tertiary/aromatic N) is 1. The lowest BCUT2D eigenvalue weighted by atomic mass is 9.95. The Kier molecular flexibility index (Phi) is 3.45. The first kappa shape index (κ1) is 12.3. The van der Waals surface area contributed by atoms with Crippen LogP contribution in [0.25, 0.3) is 0 Å². The van der Waals surface area contributed by atoms with Gasteiger partial charge in [-0.2, -0.15) is 0 Å². The van der Waals surface area contributed by atoms with Crippen LogP contribution < -0.4 is 9.47 Å². The summed E-state index contributed by atoms with van der Waals surface area (Å²) in [5.74, 6) is 0.276. The summed E-state index contributed by atoms with van der Waals surface area (Å²) in [6.45, 7) is 1.56. The van der Waals surface area contributed by atoms with Gasteiger partial charge in [-0.3, -0.25) is 14.9 Å². The molecule has 0 spiro atoms. The van der Waals surface area contributed by atoms with Crippen LogP contribution in [-0.2, 0) is 0 Å². The van der Waals surface area contributed by atoms with E-state index in [1.165, 1.54) is 0 Å². The number of fused-ring (bicyclic) bond motifs is 1. The van der Waals surface area contributed by atoms with Crippen LogP contribution >= 0.6 is 0 Å². The van der Waals surface area contributed by atoms with E-state index in [4.69, 9.17) is 9.47 Å². The zero-order valence-corrected chi connectivity index (χ0v) is 9.92. The third kappa shape index (κ3) is 2.42. The number of hydrogen-bond donors (Lipinski definition) is 0.